The molecule has 0 bridgehead atoms. The first-order chi connectivity index (χ1) is 13.7. The van der Waals surface area contributed by atoms with Crippen molar-refractivity contribution >= 4 is 21.9 Å². The highest BCUT2D eigenvalue weighted by atomic mass is 16.5. The van der Waals surface area contributed by atoms with Gasteiger partial charge in [-0.2, -0.15) is 0 Å². The number of fused-ring (bicyclic) bond motifs is 2. The van der Waals surface area contributed by atoms with Crippen LogP contribution in [0.5, 0.6) is 5.75 Å². The molecule has 136 valence electrons. The van der Waals surface area contributed by atoms with Gasteiger partial charge in [0.25, 0.3) is 0 Å². The van der Waals surface area contributed by atoms with Crippen molar-refractivity contribution in [3.05, 3.63) is 79.1 Å². The Balaban J connectivity index is 1.83. The smallest absolute Gasteiger partial charge is 0.140 e. The Morgan fingerprint density at radius 1 is 0.857 bits per heavy atom. The fourth-order valence-electron chi connectivity index (χ4n) is 3.74. The number of ether oxygens (including phenoxy) is 1. The summed E-state index contributed by atoms with van der Waals surface area (Å²) in [7, 11) is 3.71. The lowest BCUT2D eigenvalue weighted by atomic mass is 9.98. The summed E-state index contributed by atoms with van der Waals surface area (Å²) in [6.07, 6.45) is 3.92. The number of rotatable bonds is 3. The van der Waals surface area contributed by atoms with Gasteiger partial charge in [-0.05, 0) is 47.5 Å². The molecular formula is C24H19N3O. The summed E-state index contributed by atoms with van der Waals surface area (Å²) >= 11 is 0. The number of aromatic nitrogens is 3. The second kappa shape index (κ2) is 6.50. The fraction of sp³-hybridized carbons (Fsp3) is 0.0833. The van der Waals surface area contributed by atoms with Crippen LogP contribution in [0.4, 0.5) is 0 Å². The molecule has 0 atom stereocenters. The summed E-state index contributed by atoms with van der Waals surface area (Å²) in [5.41, 5.74) is 6.22. The summed E-state index contributed by atoms with van der Waals surface area (Å²) in [5, 5.41) is 2.18. The molecule has 0 radical (unpaired) electrons. The van der Waals surface area contributed by atoms with Crippen LogP contribution in [-0.2, 0) is 7.05 Å². The molecule has 0 fully saturated rings. The van der Waals surface area contributed by atoms with Crippen LogP contribution in [0.1, 0.15) is 0 Å². The highest BCUT2D eigenvalue weighted by Crippen LogP contribution is 2.36. The zero-order chi connectivity index (χ0) is 19.1. The first-order valence-corrected chi connectivity index (χ1v) is 9.19. The summed E-state index contributed by atoms with van der Waals surface area (Å²) in [6.45, 7) is 0. The standard InChI is InChI=1S/C24H19N3O/c1-27-15-21(18-9-6-12-25-24(18)27)23-14-19(16-7-4-3-5-8-16)20-13-17(28-2)10-11-22(20)26-23/h3-15H,1-2H3. The van der Waals surface area contributed by atoms with Crippen LogP contribution in [0, 0.1) is 0 Å². The number of hydrogen-bond acceptors (Lipinski definition) is 3. The predicted octanol–water partition coefficient (Wildman–Crippen LogP) is 5.46. The van der Waals surface area contributed by atoms with Gasteiger partial charge in [-0.15, -0.1) is 0 Å². The third kappa shape index (κ3) is 2.62. The van der Waals surface area contributed by atoms with Crippen LogP contribution in [0.25, 0.3) is 44.3 Å². The first-order valence-electron chi connectivity index (χ1n) is 9.19. The van der Waals surface area contributed by atoms with Crippen molar-refractivity contribution in [3.63, 3.8) is 0 Å². The quantitative estimate of drug-likeness (QED) is 0.426. The lowest BCUT2D eigenvalue weighted by Crippen LogP contribution is -1.91. The second-order valence-electron chi connectivity index (χ2n) is 6.83. The van der Waals surface area contributed by atoms with Gasteiger partial charge >= 0.3 is 0 Å². The minimum Gasteiger partial charge on any atom is -0.497 e. The van der Waals surface area contributed by atoms with E-state index in [2.05, 4.69) is 53.6 Å². The maximum absolute atomic E-state index is 5.45. The molecule has 0 aliphatic heterocycles. The lowest BCUT2D eigenvalue weighted by Gasteiger charge is -2.11. The van der Waals surface area contributed by atoms with E-state index in [0.717, 1.165) is 50.1 Å². The minimum absolute atomic E-state index is 0.827. The van der Waals surface area contributed by atoms with E-state index < -0.39 is 0 Å². The monoisotopic (exact) mass is 365 g/mol. The number of hydrogen-bond donors (Lipinski definition) is 0. The molecule has 0 unspecified atom stereocenters. The largest absolute Gasteiger partial charge is 0.497 e. The van der Waals surface area contributed by atoms with E-state index in [1.165, 1.54) is 0 Å². The first kappa shape index (κ1) is 16.5. The van der Waals surface area contributed by atoms with Gasteiger partial charge in [-0.3, -0.25) is 0 Å². The van der Waals surface area contributed by atoms with Gasteiger partial charge in [0.1, 0.15) is 11.4 Å². The van der Waals surface area contributed by atoms with Gasteiger partial charge in [0, 0.05) is 35.8 Å². The normalized spacial score (nSPS) is 11.2. The number of pyridine rings is 2. The van der Waals surface area contributed by atoms with E-state index in [4.69, 9.17) is 9.72 Å². The number of benzene rings is 2. The van der Waals surface area contributed by atoms with E-state index in [1.807, 2.05) is 42.1 Å². The molecule has 0 aliphatic carbocycles. The van der Waals surface area contributed by atoms with Crippen molar-refractivity contribution in [3.8, 4) is 28.1 Å². The van der Waals surface area contributed by atoms with Gasteiger partial charge in [0.15, 0.2) is 0 Å². The molecule has 0 aliphatic rings. The average Bonchev–Trinajstić information content (AvgIpc) is 3.10. The fourth-order valence-corrected chi connectivity index (χ4v) is 3.74. The van der Waals surface area contributed by atoms with Crippen LogP contribution >= 0.6 is 0 Å². The van der Waals surface area contributed by atoms with Gasteiger partial charge in [-0.25, -0.2) is 9.97 Å². The molecule has 0 saturated carbocycles. The molecule has 5 aromatic rings. The molecule has 0 N–H and O–H groups in total. The third-order valence-corrected chi connectivity index (χ3v) is 5.11. The molecule has 0 spiro atoms. The van der Waals surface area contributed by atoms with Gasteiger partial charge in [0.2, 0.25) is 0 Å². The third-order valence-electron chi connectivity index (χ3n) is 5.11. The molecule has 4 heteroatoms. The summed E-state index contributed by atoms with van der Waals surface area (Å²) < 4.78 is 7.50. The summed E-state index contributed by atoms with van der Waals surface area (Å²) in [4.78, 5) is 9.48. The molecule has 3 aromatic heterocycles. The van der Waals surface area contributed by atoms with E-state index in [9.17, 15) is 0 Å². The summed E-state index contributed by atoms with van der Waals surface area (Å²) in [6, 6.07) is 22.7. The van der Waals surface area contributed by atoms with Crippen molar-refractivity contribution in [1.29, 1.82) is 0 Å². The SMILES string of the molecule is COc1ccc2nc(-c3cn(C)c4ncccc34)cc(-c3ccccc3)c2c1. The Kier molecular flexibility index (Phi) is 3.83. The topological polar surface area (TPSA) is 39.9 Å². The molecule has 5 rings (SSSR count). The van der Waals surface area contributed by atoms with Gasteiger partial charge < -0.3 is 9.30 Å². The maximum Gasteiger partial charge on any atom is 0.140 e. The zero-order valence-corrected chi connectivity index (χ0v) is 15.8. The molecule has 2 aromatic carbocycles. The van der Waals surface area contributed by atoms with E-state index >= 15 is 0 Å². The Labute approximate surface area is 163 Å². The van der Waals surface area contributed by atoms with Crippen LogP contribution in [0.2, 0.25) is 0 Å². The van der Waals surface area contributed by atoms with Crippen LogP contribution in [0.15, 0.2) is 79.1 Å². The van der Waals surface area contributed by atoms with Crippen molar-refractivity contribution in [2.24, 2.45) is 7.05 Å². The number of nitrogens with zero attached hydrogens (tertiary/aromatic N) is 3. The predicted molar refractivity (Wildman–Crippen MR) is 113 cm³/mol. The molecular weight excluding hydrogens is 346 g/mol. The van der Waals surface area contributed by atoms with Crippen LogP contribution in [-0.4, -0.2) is 21.6 Å². The lowest BCUT2D eigenvalue weighted by molar-refractivity contribution is 0.415. The van der Waals surface area contributed by atoms with Gasteiger partial charge in [-0.1, -0.05) is 30.3 Å². The zero-order valence-electron chi connectivity index (χ0n) is 15.8. The molecule has 28 heavy (non-hydrogen) atoms. The van der Waals surface area contributed by atoms with Crippen molar-refractivity contribution in [2.45, 2.75) is 0 Å². The second-order valence-corrected chi connectivity index (χ2v) is 6.83. The van der Waals surface area contributed by atoms with Crippen LogP contribution < -0.4 is 4.74 Å². The minimum atomic E-state index is 0.827. The summed E-state index contributed by atoms with van der Waals surface area (Å²) in [5.74, 6) is 0.827. The average molecular weight is 365 g/mol. The Morgan fingerprint density at radius 3 is 2.54 bits per heavy atom. The number of aryl methyl sites for hydroxylation is 1. The Morgan fingerprint density at radius 2 is 1.71 bits per heavy atom. The van der Waals surface area contributed by atoms with E-state index in [-0.39, 0.29) is 0 Å². The van der Waals surface area contributed by atoms with Crippen LogP contribution in [0.3, 0.4) is 0 Å². The Hall–Kier alpha value is -3.66. The van der Waals surface area contributed by atoms with Crippen molar-refractivity contribution in [2.75, 3.05) is 7.11 Å². The van der Waals surface area contributed by atoms with Crippen molar-refractivity contribution < 1.29 is 4.74 Å². The van der Waals surface area contributed by atoms with E-state index in [0.29, 0.717) is 0 Å². The highest BCUT2D eigenvalue weighted by Gasteiger charge is 2.14. The molecule has 4 nitrogen and oxygen atoms in total. The molecule has 0 amide bonds. The molecule has 3 heterocycles. The Bertz CT molecular complexity index is 1310. The van der Waals surface area contributed by atoms with E-state index in [1.54, 1.807) is 7.11 Å². The van der Waals surface area contributed by atoms with Crippen molar-refractivity contribution in [1.82, 2.24) is 14.5 Å². The van der Waals surface area contributed by atoms with Gasteiger partial charge in [0.05, 0.1) is 18.3 Å². The highest BCUT2D eigenvalue weighted by molar-refractivity contribution is 6.00. The number of methoxy groups -OCH3 is 1. The maximum atomic E-state index is 5.45. The molecule has 0 saturated heterocycles.